The monoisotopic (exact) mass is 371 g/mol. The number of rotatable bonds is 7. The average Bonchev–Trinajstić information content (AvgIpc) is 3.15. The number of nitrogens with one attached hydrogen (secondary N) is 1. The van der Waals surface area contributed by atoms with E-state index in [9.17, 15) is 13.2 Å². The molecule has 0 aliphatic rings. The van der Waals surface area contributed by atoms with Crippen molar-refractivity contribution >= 4 is 15.7 Å². The third-order valence-corrected chi connectivity index (χ3v) is 5.36. The van der Waals surface area contributed by atoms with E-state index in [1.807, 2.05) is 30.3 Å². The molecule has 26 heavy (non-hydrogen) atoms. The van der Waals surface area contributed by atoms with Gasteiger partial charge in [-0.25, -0.2) is 8.42 Å². The van der Waals surface area contributed by atoms with Crippen molar-refractivity contribution < 1.29 is 17.6 Å². The predicted molar refractivity (Wildman–Crippen MR) is 94.7 cm³/mol. The molecule has 0 spiro atoms. The van der Waals surface area contributed by atoms with Crippen LogP contribution in [0.2, 0.25) is 0 Å². The number of hydrogen-bond acceptors (Lipinski definition) is 6. The fraction of sp³-hybridized carbons (Fsp3) is 0.167. The lowest BCUT2D eigenvalue weighted by Gasteiger charge is -2.04. The van der Waals surface area contributed by atoms with Gasteiger partial charge in [0, 0.05) is 12.0 Å². The highest BCUT2D eigenvalue weighted by Crippen LogP contribution is 2.16. The Bertz CT molecular complexity index is 970. The summed E-state index contributed by atoms with van der Waals surface area (Å²) in [5, 5.41) is 10.4. The van der Waals surface area contributed by atoms with Crippen LogP contribution in [0.3, 0.4) is 0 Å². The zero-order chi connectivity index (χ0) is 18.4. The van der Waals surface area contributed by atoms with Crippen LogP contribution in [0.1, 0.15) is 12.3 Å². The molecular formula is C18H17N3O4S. The summed E-state index contributed by atoms with van der Waals surface area (Å²) in [4.78, 5) is 12.1. The van der Waals surface area contributed by atoms with Crippen LogP contribution in [0.4, 0.5) is 0 Å². The van der Waals surface area contributed by atoms with Crippen LogP contribution >= 0.6 is 0 Å². The molecule has 2 aromatic carbocycles. The summed E-state index contributed by atoms with van der Waals surface area (Å²) in [7, 11) is -3.48. The highest BCUT2D eigenvalue weighted by Gasteiger charge is 2.16. The van der Waals surface area contributed by atoms with E-state index in [1.54, 1.807) is 18.2 Å². The fourth-order valence-electron chi connectivity index (χ4n) is 2.26. The molecule has 1 amide bonds. The van der Waals surface area contributed by atoms with E-state index < -0.39 is 15.7 Å². The first kappa shape index (κ1) is 17.8. The van der Waals surface area contributed by atoms with E-state index in [-0.39, 0.29) is 29.5 Å². The molecule has 0 fully saturated rings. The summed E-state index contributed by atoms with van der Waals surface area (Å²) in [6.45, 7) is 0.0457. The van der Waals surface area contributed by atoms with E-state index in [1.165, 1.54) is 12.1 Å². The summed E-state index contributed by atoms with van der Waals surface area (Å²) in [5.41, 5.74) is 0.784. The van der Waals surface area contributed by atoms with Gasteiger partial charge in [-0.15, -0.1) is 10.2 Å². The maximum absolute atomic E-state index is 12.2. The first-order chi connectivity index (χ1) is 12.5. The van der Waals surface area contributed by atoms with Crippen molar-refractivity contribution in [1.29, 1.82) is 0 Å². The third-order valence-electron chi connectivity index (χ3n) is 3.62. The van der Waals surface area contributed by atoms with Crippen LogP contribution in [-0.4, -0.2) is 30.3 Å². The van der Waals surface area contributed by atoms with Gasteiger partial charge in [0.15, 0.2) is 9.84 Å². The fourth-order valence-corrected chi connectivity index (χ4v) is 3.52. The standard InChI is InChI=1S/C18H17N3O4S/c22-16(11-12-26(23,24)15-9-5-2-6-10-15)19-13-17-20-21-18(25-17)14-7-3-1-4-8-14/h1-10H,11-13H2,(H,19,22). The predicted octanol–water partition coefficient (Wildman–Crippen LogP) is 2.22. The Balaban J connectivity index is 1.51. The Hall–Kier alpha value is -3.00. The van der Waals surface area contributed by atoms with E-state index >= 15 is 0 Å². The lowest BCUT2D eigenvalue weighted by molar-refractivity contribution is -0.120. The number of amides is 1. The molecule has 0 atom stereocenters. The minimum atomic E-state index is -3.48. The topological polar surface area (TPSA) is 102 Å². The largest absolute Gasteiger partial charge is 0.419 e. The van der Waals surface area contributed by atoms with Gasteiger partial charge in [-0.2, -0.15) is 0 Å². The van der Waals surface area contributed by atoms with Crippen LogP contribution in [0.15, 0.2) is 70.0 Å². The Morgan fingerprint density at radius 2 is 1.62 bits per heavy atom. The Kier molecular flexibility index (Phi) is 5.43. The number of benzene rings is 2. The van der Waals surface area contributed by atoms with E-state index in [4.69, 9.17) is 4.42 Å². The van der Waals surface area contributed by atoms with Crippen molar-refractivity contribution in [3.05, 3.63) is 66.6 Å². The van der Waals surface area contributed by atoms with Crippen LogP contribution in [-0.2, 0) is 21.2 Å². The van der Waals surface area contributed by atoms with Gasteiger partial charge >= 0.3 is 0 Å². The molecule has 0 unspecified atom stereocenters. The van der Waals surface area contributed by atoms with E-state index in [2.05, 4.69) is 15.5 Å². The van der Waals surface area contributed by atoms with Crippen LogP contribution in [0.25, 0.3) is 11.5 Å². The first-order valence-corrected chi connectivity index (χ1v) is 9.62. The van der Waals surface area contributed by atoms with Crippen molar-refractivity contribution in [3.63, 3.8) is 0 Å². The summed E-state index contributed by atoms with van der Waals surface area (Å²) in [6.07, 6.45) is -0.142. The second-order valence-corrected chi connectivity index (χ2v) is 7.63. The summed E-state index contributed by atoms with van der Waals surface area (Å²) >= 11 is 0. The lowest BCUT2D eigenvalue weighted by atomic mass is 10.2. The smallest absolute Gasteiger partial charge is 0.247 e. The maximum Gasteiger partial charge on any atom is 0.247 e. The SMILES string of the molecule is O=C(CCS(=O)(=O)c1ccccc1)NCc1nnc(-c2ccccc2)o1. The zero-order valence-corrected chi connectivity index (χ0v) is 14.6. The molecule has 0 aliphatic carbocycles. The van der Waals surface area contributed by atoms with Crippen molar-refractivity contribution in [2.45, 2.75) is 17.9 Å². The van der Waals surface area contributed by atoms with Gasteiger partial charge in [-0.1, -0.05) is 36.4 Å². The van der Waals surface area contributed by atoms with Gasteiger partial charge in [-0.05, 0) is 24.3 Å². The summed E-state index contributed by atoms with van der Waals surface area (Å²) in [5.74, 6) is -0.0457. The number of hydrogen-bond donors (Lipinski definition) is 1. The van der Waals surface area contributed by atoms with Crippen molar-refractivity contribution in [2.24, 2.45) is 0 Å². The number of aromatic nitrogens is 2. The van der Waals surface area contributed by atoms with Crippen LogP contribution < -0.4 is 5.32 Å². The second kappa shape index (κ2) is 7.92. The minimum Gasteiger partial charge on any atom is -0.419 e. The van der Waals surface area contributed by atoms with Crippen molar-refractivity contribution in [1.82, 2.24) is 15.5 Å². The molecular weight excluding hydrogens is 354 g/mol. The normalized spacial score (nSPS) is 11.2. The molecule has 0 saturated heterocycles. The van der Waals surface area contributed by atoms with Gasteiger partial charge in [-0.3, -0.25) is 4.79 Å². The van der Waals surface area contributed by atoms with Crippen molar-refractivity contribution in [3.8, 4) is 11.5 Å². The Labute approximate surface area is 151 Å². The Morgan fingerprint density at radius 1 is 0.962 bits per heavy atom. The average molecular weight is 371 g/mol. The molecule has 1 N–H and O–H groups in total. The Morgan fingerprint density at radius 3 is 2.31 bits per heavy atom. The molecule has 1 aromatic heterocycles. The number of carbonyl (C=O) groups is 1. The molecule has 8 heteroatoms. The van der Waals surface area contributed by atoms with E-state index in [0.29, 0.717) is 5.89 Å². The molecule has 7 nitrogen and oxygen atoms in total. The van der Waals surface area contributed by atoms with Gasteiger partial charge in [0.2, 0.25) is 17.7 Å². The lowest BCUT2D eigenvalue weighted by Crippen LogP contribution is -2.25. The van der Waals surface area contributed by atoms with Crippen molar-refractivity contribution in [2.75, 3.05) is 5.75 Å². The molecule has 0 saturated carbocycles. The first-order valence-electron chi connectivity index (χ1n) is 7.97. The van der Waals surface area contributed by atoms with Gasteiger partial charge < -0.3 is 9.73 Å². The molecule has 3 rings (SSSR count). The molecule has 0 aliphatic heterocycles. The molecule has 3 aromatic rings. The summed E-state index contributed by atoms with van der Waals surface area (Å²) < 4.78 is 29.8. The zero-order valence-electron chi connectivity index (χ0n) is 13.8. The third kappa shape index (κ3) is 4.54. The molecule has 134 valence electrons. The number of sulfone groups is 1. The number of carbonyl (C=O) groups excluding carboxylic acids is 1. The maximum atomic E-state index is 12.2. The quantitative estimate of drug-likeness (QED) is 0.683. The highest BCUT2D eigenvalue weighted by molar-refractivity contribution is 7.91. The molecule has 1 heterocycles. The van der Waals surface area contributed by atoms with E-state index in [0.717, 1.165) is 5.56 Å². The van der Waals surface area contributed by atoms with Gasteiger partial charge in [0.05, 0.1) is 17.2 Å². The van der Waals surface area contributed by atoms with Gasteiger partial charge in [0.1, 0.15) is 0 Å². The second-order valence-electron chi connectivity index (χ2n) is 5.53. The summed E-state index contributed by atoms with van der Waals surface area (Å²) in [6, 6.07) is 17.3. The molecule has 0 radical (unpaired) electrons. The molecule has 0 bridgehead atoms. The highest BCUT2D eigenvalue weighted by atomic mass is 32.2. The van der Waals surface area contributed by atoms with Crippen LogP contribution in [0, 0.1) is 0 Å². The van der Waals surface area contributed by atoms with Gasteiger partial charge in [0.25, 0.3) is 0 Å². The minimum absolute atomic E-state index is 0.0457. The number of nitrogens with zero attached hydrogens (tertiary/aromatic N) is 2. The van der Waals surface area contributed by atoms with Crippen LogP contribution in [0.5, 0.6) is 0 Å².